The Morgan fingerprint density at radius 1 is 1.50 bits per heavy atom. The molecule has 1 aromatic rings. The number of ketones is 1. The van der Waals surface area contributed by atoms with E-state index < -0.39 is 5.82 Å². The predicted molar refractivity (Wildman–Crippen MR) is 61.3 cm³/mol. The van der Waals surface area contributed by atoms with E-state index in [-0.39, 0.29) is 22.3 Å². The fourth-order valence-electron chi connectivity index (χ4n) is 1.99. The zero-order valence-corrected chi connectivity index (χ0v) is 9.56. The number of Topliss-reactive ketones (excluding diaryl/α,β-unsaturated/α-hetero) is 1. The summed E-state index contributed by atoms with van der Waals surface area (Å²) in [4.78, 5) is 12.0. The van der Waals surface area contributed by atoms with Crippen LogP contribution in [0, 0.1) is 11.7 Å². The van der Waals surface area contributed by atoms with Gasteiger partial charge in [-0.1, -0.05) is 17.7 Å². The second kappa shape index (κ2) is 4.93. The molecule has 0 aromatic heterocycles. The van der Waals surface area contributed by atoms with E-state index in [1.807, 2.05) is 0 Å². The fourth-order valence-corrected chi connectivity index (χ4v) is 2.16. The average molecular weight is 242 g/mol. The van der Waals surface area contributed by atoms with Gasteiger partial charge in [-0.3, -0.25) is 4.79 Å². The highest BCUT2D eigenvalue weighted by Crippen LogP contribution is 2.23. The van der Waals surface area contributed by atoms with E-state index in [2.05, 4.69) is 5.32 Å². The third kappa shape index (κ3) is 2.25. The van der Waals surface area contributed by atoms with Crippen LogP contribution in [0.1, 0.15) is 23.2 Å². The van der Waals surface area contributed by atoms with Gasteiger partial charge in [0.15, 0.2) is 11.6 Å². The van der Waals surface area contributed by atoms with Crippen molar-refractivity contribution in [1.29, 1.82) is 0 Å². The van der Waals surface area contributed by atoms with Crippen molar-refractivity contribution >= 4 is 17.4 Å². The minimum atomic E-state index is -0.597. The largest absolute Gasteiger partial charge is 0.316 e. The average Bonchev–Trinajstić information content (AvgIpc) is 2.33. The first-order valence-electron chi connectivity index (χ1n) is 5.39. The Labute approximate surface area is 98.8 Å². The minimum Gasteiger partial charge on any atom is -0.316 e. The van der Waals surface area contributed by atoms with Crippen molar-refractivity contribution in [3.8, 4) is 0 Å². The van der Waals surface area contributed by atoms with E-state index in [1.165, 1.54) is 12.1 Å². The zero-order chi connectivity index (χ0) is 11.5. The summed E-state index contributed by atoms with van der Waals surface area (Å²) >= 11 is 5.65. The first-order valence-corrected chi connectivity index (χ1v) is 5.77. The van der Waals surface area contributed by atoms with Crippen LogP contribution in [0.15, 0.2) is 18.2 Å². The van der Waals surface area contributed by atoms with Crippen molar-refractivity contribution in [3.05, 3.63) is 34.6 Å². The smallest absolute Gasteiger partial charge is 0.170 e. The van der Waals surface area contributed by atoms with Crippen LogP contribution >= 0.6 is 11.6 Å². The molecule has 0 radical (unpaired) electrons. The number of rotatable bonds is 2. The van der Waals surface area contributed by atoms with E-state index in [4.69, 9.17) is 11.6 Å². The van der Waals surface area contributed by atoms with E-state index in [0.717, 1.165) is 19.4 Å². The van der Waals surface area contributed by atoms with E-state index in [9.17, 15) is 9.18 Å². The lowest BCUT2D eigenvalue weighted by Gasteiger charge is -2.21. The third-order valence-corrected chi connectivity index (χ3v) is 3.18. The number of benzene rings is 1. The van der Waals surface area contributed by atoms with Crippen molar-refractivity contribution in [2.24, 2.45) is 5.92 Å². The number of hydrogen-bond donors (Lipinski definition) is 1. The van der Waals surface area contributed by atoms with Gasteiger partial charge >= 0.3 is 0 Å². The first kappa shape index (κ1) is 11.6. The number of halogens is 2. The summed E-state index contributed by atoms with van der Waals surface area (Å²) in [6, 6.07) is 4.56. The summed E-state index contributed by atoms with van der Waals surface area (Å²) in [5.74, 6) is -0.867. The Morgan fingerprint density at radius 2 is 2.31 bits per heavy atom. The number of hydrogen-bond acceptors (Lipinski definition) is 2. The molecular formula is C12H13ClFNO. The maximum absolute atomic E-state index is 13.6. The number of carbonyl (C=O) groups excluding carboxylic acids is 1. The quantitative estimate of drug-likeness (QED) is 0.807. The van der Waals surface area contributed by atoms with Gasteiger partial charge in [0.1, 0.15) is 0 Å². The lowest BCUT2D eigenvalue weighted by Crippen LogP contribution is -2.34. The third-order valence-electron chi connectivity index (χ3n) is 2.88. The molecule has 1 N–H and O–H groups in total. The van der Waals surface area contributed by atoms with Gasteiger partial charge < -0.3 is 5.32 Å². The molecule has 0 amide bonds. The van der Waals surface area contributed by atoms with Crippen LogP contribution in [0.3, 0.4) is 0 Å². The van der Waals surface area contributed by atoms with Gasteiger partial charge in [0.25, 0.3) is 0 Å². The number of carbonyl (C=O) groups is 1. The molecule has 2 rings (SSSR count). The molecule has 0 spiro atoms. The first-order chi connectivity index (χ1) is 7.70. The lowest BCUT2D eigenvalue weighted by atomic mass is 9.91. The van der Waals surface area contributed by atoms with Gasteiger partial charge in [0.2, 0.25) is 0 Å². The van der Waals surface area contributed by atoms with Crippen molar-refractivity contribution in [3.63, 3.8) is 0 Å². The highest BCUT2D eigenvalue weighted by molar-refractivity contribution is 6.31. The molecule has 86 valence electrons. The summed E-state index contributed by atoms with van der Waals surface area (Å²) < 4.78 is 13.6. The van der Waals surface area contributed by atoms with Crippen molar-refractivity contribution < 1.29 is 9.18 Å². The van der Waals surface area contributed by atoms with Crippen LogP contribution in [0.2, 0.25) is 5.02 Å². The van der Waals surface area contributed by atoms with Crippen LogP contribution in [0.4, 0.5) is 4.39 Å². The summed E-state index contributed by atoms with van der Waals surface area (Å²) in [5, 5.41) is 3.15. The van der Waals surface area contributed by atoms with Crippen LogP contribution in [0.5, 0.6) is 0 Å². The molecule has 0 bridgehead atoms. The molecule has 1 atom stereocenters. The standard InChI is InChI=1S/C12H13ClFNO/c13-10-5-1-4-9(11(10)14)12(16)8-3-2-6-15-7-8/h1,4-5,8,15H,2-3,6-7H2. The highest BCUT2D eigenvalue weighted by atomic mass is 35.5. The Hall–Kier alpha value is -0.930. The molecule has 1 saturated heterocycles. The zero-order valence-electron chi connectivity index (χ0n) is 8.80. The maximum atomic E-state index is 13.6. The van der Waals surface area contributed by atoms with Gasteiger partial charge in [-0.05, 0) is 31.5 Å². The van der Waals surface area contributed by atoms with Crippen LogP contribution < -0.4 is 5.32 Å². The van der Waals surface area contributed by atoms with E-state index >= 15 is 0 Å². The maximum Gasteiger partial charge on any atom is 0.170 e. The van der Waals surface area contributed by atoms with Gasteiger partial charge in [0.05, 0.1) is 10.6 Å². The molecule has 16 heavy (non-hydrogen) atoms. The SMILES string of the molecule is O=C(c1cccc(Cl)c1F)C1CCCNC1. The molecule has 1 aliphatic heterocycles. The molecule has 1 aliphatic rings. The lowest BCUT2D eigenvalue weighted by molar-refractivity contribution is 0.0895. The van der Waals surface area contributed by atoms with Crippen LogP contribution in [-0.2, 0) is 0 Å². The second-order valence-electron chi connectivity index (χ2n) is 4.01. The molecule has 1 fully saturated rings. The highest BCUT2D eigenvalue weighted by Gasteiger charge is 2.24. The molecule has 4 heteroatoms. The molecule has 2 nitrogen and oxygen atoms in total. The van der Waals surface area contributed by atoms with Gasteiger partial charge in [-0.15, -0.1) is 0 Å². The topological polar surface area (TPSA) is 29.1 Å². The molecule has 0 saturated carbocycles. The van der Waals surface area contributed by atoms with Gasteiger partial charge in [-0.25, -0.2) is 4.39 Å². The molecule has 1 heterocycles. The van der Waals surface area contributed by atoms with E-state index in [0.29, 0.717) is 6.54 Å². The van der Waals surface area contributed by atoms with Crippen molar-refractivity contribution in [2.75, 3.05) is 13.1 Å². The molecule has 1 aromatic carbocycles. The Balaban J connectivity index is 2.22. The predicted octanol–water partition coefficient (Wildman–Crippen LogP) is 2.66. The second-order valence-corrected chi connectivity index (χ2v) is 4.42. The monoisotopic (exact) mass is 241 g/mol. The summed E-state index contributed by atoms with van der Waals surface area (Å²) in [5.41, 5.74) is 0.112. The number of nitrogens with one attached hydrogen (secondary N) is 1. The molecule has 1 unspecified atom stereocenters. The Bertz CT molecular complexity index is 402. The minimum absolute atomic E-state index is 0.00891. The van der Waals surface area contributed by atoms with Gasteiger partial charge in [-0.2, -0.15) is 0 Å². The summed E-state index contributed by atoms with van der Waals surface area (Å²) in [6.45, 7) is 1.56. The Kier molecular flexibility index (Phi) is 3.56. The number of piperidine rings is 1. The fraction of sp³-hybridized carbons (Fsp3) is 0.417. The molecule has 0 aliphatic carbocycles. The normalized spacial score (nSPS) is 20.8. The van der Waals surface area contributed by atoms with Crippen molar-refractivity contribution in [2.45, 2.75) is 12.8 Å². The van der Waals surface area contributed by atoms with E-state index in [1.54, 1.807) is 6.07 Å². The summed E-state index contributed by atoms with van der Waals surface area (Å²) in [7, 11) is 0. The van der Waals surface area contributed by atoms with Crippen LogP contribution in [0.25, 0.3) is 0 Å². The molecular weight excluding hydrogens is 229 g/mol. The van der Waals surface area contributed by atoms with Crippen LogP contribution in [-0.4, -0.2) is 18.9 Å². The van der Waals surface area contributed by atoms with Crippen molar-refractivity contribution in [1.82, 2.24) is 5.32 Å². The summed E-state index contributed by atoms with van der Waals surface area (Å²) in [6.07, 6.45) is 1.77. The van der Waals surface area contributed by atoms with Gasteiger partial charge in [0, 0.05) is 12.5 Å². The Morgan fingerprint density at radius 3 is 3.00 bits per heavy atom.